The molecule has 1 aliphatic carbocycles. The molecule has 1 N–H and O–H groups in total. The Labute approximate surface area is 203 Å². The van der Waals surface area contributed by atoms with Crippen molar-refractivity contribution < 1.29 is 0 Å². The van der Waals surface area contributed by atoms with E-state index in [1.165, 1.54) is 17.6 Å². The quantitative estimate of drug-likeness (QED) is 0.524. The maximum absolute atomic E-state index is 4.66. The zero-order valence-electron chi connectivity index (χ0n) is 20.7. The highest BCUT2D eigenvalue weighted by atomic mass is 15.1. The van der Waals surface area contributed by atoms with Crippen LogP contribution in [0, 0.1) is 6.92 Å². The Hall–Kier alpha value is -3.46. The summed E-state index contributed by atoms with van der Waals surface area (Å²) in [5, 5.41) is 7.41. The second-order valence-electron chi connectivity index (χ2n) is 9.13. The Bertz CT molecular complexity index is 1260. The smallest absolute Gasteiger partial charge is 0.0919 e. The second-order valence-corrected chi connectivity index (χ2v) is 9.13. The van der Waals surface area contributed by atoms with Gasteiger partial charge in [0.1, 0.15) is 0 Å². The van der Waals surface area contributed by atoms with Crippen molar-refractivity contribution in [2.45, 2.75) is 46.1 Å². The largest absolute Gasteiger partial charge is 0.303 e. The maximum atomic E-state index is 4.66. The number of hydrogen-bond acceptors (Lipinski definition) is 3. The number of aromatic amines is 1. The molecule has 34 heavy (non-hydrogen) atoms. The summed E-state index contributed by atoms with van der Waals surface area (Å²) < 4.78 is 0. The van der Waals surface area contributed by atoms with Gasteiger partial charge < -0.3 is 4.90 Å². The topological polar surface area (TPSA) is 44.8 Å². The summed E-state index contributed by atoms with van der Waals surface area (Å²) in [6.45, 7) is 11.9. The van der Waals surface area contributed by atoms with Crippen LogP contribution in [0.25, 0.3) is 17.0 Å². The van der Waals surface area contributed by atoms with E-state index in [-0.39, 0.29) is 0 Å². The first-order chi connectivity index (χ1) is 16.5. The van der Waals surface area contributed by atoms with Crippen molar-refractivity contribution in [3.8, 4) is 11.4 Å². The van der Waals surface area contributed by atoms with E-state index in [9.17, 15) is 0 Å². The molecule has 2 aliphatic rings. The van der Waals surface area contributed by atoms with Crippen LogP contribution < -0.4 is 0 Å². The Kier molecular flexibility index (Phi) is 7.42. The predicted octanol–water partition coefficient (Wildman–Crippen LogP) is 6.75. The van der Waals surface area contributed by atoms with Gasteiger partial charge in [-0.15, -0.1) is 5.73 Å². The van der Waals surface area contributed by atoms with Crippen molar-refractivity contribution >= 4 is 5.57 Å². The third kappa shape index (κ3) is 5.36. The molecule has 0 unspecified atom stereocenters. The number of aromatic nitrogens is 3. The van der Waals surface area contributed by atoms with Crippen molar-refractivity contribution in [3.05, 3.63) is 107 Å². The van der Waals surface area contributed by atoms with Gasteiger partial charge in [0.15, 0.2) is 0 Å². The Morgan fingerprint density at radius 2 is 2.15 bits per heavy atom. The number of H-pyrrole nitrogens is 1. The molecule has 4 rings (SSSR count). The highest BCUT2D eigenvalue weighted by Crippen LogP contribution is 2.30. The van der Waals surface area contributed by atoms with Crippen molar-refractivity contribution in [2.24, 2.45) is 0 Å². The minimum Gasteiger partial charge on any atom is -0.303 e. The summed E-state index contributed by atoms with van der Waals surface area (Å²) in [5.74, 6) is 0. The van der Waals surface area contributed by atoms with E-state index in [4.69, 9.17) is 0 Å². The Morgan fingerprint density at radius 1 is 1.29 bits per heavy atom. The van der Waals surface area contributed by atoms with E-state index in [2.05, 4.69) is 83.7 Å². The minimum absolute atomic E-state index is 0.564. The molecule has 1 aliphatic heterocycles. The molecule has 4 nitrogen and oxygen atoms in total. The van der Waals surface area contributed by atoms with Crippen molar-refractivity contribution in [2.75, 3.05) is 13.6 Å². The van der Waals surface area contributed by atoms with Crippen LogP contribution in [0.3, 0.4) is 0 Å². The van der Waals surface area contributed by atoms with E-state index < -0.39 is 0 Å². The van der Waals surface area contributed by atoms with Gasteiger partial charge in [0.05, 0.1) is 17.6 Å². The van der Waals surface area contributed by atoms with Crippen LogP contribution in [0.1, 0.15) is 44.4 Å². The van der Waals surface area contributed by atoms with Crippen LogP contribution in [0.5, 0.6) is 0 Å². The molecular weight excluding hydrogens is 416 g/mol. The number of allylic oxidation sites excluding steroid dienone is 9. The lowest BCUT2D eigenvalue weighted by molar-refractivity contribution is 0.252. The van der Waals surface area contributed by atoms with E-state index in [0.29, 0.717) is 6.04 Å². The van der Waals surface area contributed by atoms with Crippen LogP contribution >= 0.6 is 0 Å². The molecule has 3 heterocycles. The Morgan fingerprint density at radius 3 is 2.94 bits per heavy atom. The van der Waals surface area contributed by atoms with Gasteiger partial charge in [0, 0.05) is 22.9 Å². The van der Waals surface area contributed by atoms with Crippen LogP contribution in [0.2, 0.25) is 0 Å². The Balaban J connectivity index is 1.67. The summed E-state index contributed by atoms with van der Waals surface area (Å²) in [5.41, 5.74) is 12.9. The molecule has 2 aromatic rings. The van der Waals surface area contributed by atoms with E-state index >= 15 is 0 Å². The first kappa shape index (κ1) is 23.7. The molecule has 0 radical (unpaired) electrons. The van der Waals surface area contributed by atoms with Gasteiger partial charge in [-0.25, -0.2) is 0 Å². The van der Waals surface area contributed by atoms with E-state index in [1.807, 2.05) is 37.4 Å². The van der Waals surface area contributed by atoms with Gasteiger partial charge in [-0.2, -0.15) is 5.10 Å². The monoisotopic (exact) mass is 450 g/mol. The predicted molar refractivity (Wildman–Crippen MR) is 142 cm³/mol. The third-order valence-electron chi connectivity index (χ3n) is 6.69. The SMILES string of the molecule is C=C1C=CC(c2cn[nH]c2-c2cccc(C)n2)=C=C/C1=C/C(=C\C)C1=C/C[C@H](C)N(C)CCC\1. The molecule has 2 aromatic heterocycles. The lowest BCUT2D eigenvalue weighted by Gasteiger charge is -2.26. The zero-order valence-corrected chi connectivity index (χ0v) is 20.7. The van der Waals surface area contributed by atoms with Gasteiger partial charge in [0.2, 0.25) is 0 Å². The summed E-state index contributed by atoms with van der Waals surface area (Å²) in [6.07, 6.45) is 18.2. The zero-order chi connectivity index (χ0) is 24.1. The molecule has 0 aromatic carbocycles. The molecule has 0 bridgehead atoms. The number of pyridine rings is 1. The van der Waals surface area contributed by atoms with Crippen LogP contribution in [0.15, 0.2) is 95.5 Å². The van der Waals surface area contributed by atoms with Gasteiger partial charge in [-0.1, -0.05) is 30.9 Å². The van der Waals surface area contributed by atoms with Crippen LogP contribution in [-0.4, -0.2) is 39.7 Å². The average molecular weight is 451 g/mol. The number of rotatable bonds is 4. The molecule has 0 spiro atoms. The van der Waals surface area contributed by atoms with E-state index in [0.717, 1.165) is 58.8 Å². The number of nitrogens with one attached hydrogen (secondary N) is 1. The van der Waals surface area contributed by atoms with Crippen LogP contribution in [-0.2, 0) is 0 Å². The summed E-state index contributed by atoms with van der Waals surface area (Å²) in [6, 6.07) is 6.57. The van der Waals surface area contributed by atoms with Crippen molar-refractivity contribution in [1.82, 2.24) is 20.1 Å². The highest BCUT2D eigenvalue weighted by molar-refractivity contribution is 5.83. The number of aryl methyl sites for hydroxylation is 1. The number of hydrogen-bond donors (Lipinski definition) is 1. The van der Waals surface area contributed by atoms with Gasteiger partial charge >= 0.3 is 0 Å². The lowest BCUT2D eigenvalue weighted by Crippen LogP contribution is -2.30. The number of nitrogens with zero attached hydrogens (tertiary/aromatic N) is 3. The fourth-order valence-corrected chi connectivity index (χ4v) is 4.37. The molecule has 4 heteroatoms. The lowest BCUT2D eigenvalue weighted by atomic mass is 9.93. The molecule has 1 atom stereocenters. The first-order valence-electron chi connectivity index (χ1n) is 12.1. The van der Waals surface area contributed by atoms with Crippen molar-refractivity contribution in [1.29, 1.82) is 0 Å². The maximum Gasteiger partial charge on any atom is 0.0919 e. The average Bonchev–Trinajstić information content (AvgIpc) is 3.24. The fraction of sp³-hybridized carbons (Fsp3) is 0.300. The van der Waals surface area contributed by atoms with Gasteiger partial charge in [-0.05, 0) is 106 Å². The van der Waals surface area contributed by atoms with Crippen LogP contribution in [0.4, 0.5) is 0 Å². The van der Waals surface area contributed by atoms with Gasteiger partial charge in [-0.3, -0.25) is 10.1 Å². The van der Waals surface area contributed by atoms with Gasteiger partial charge in [0.25, 0.3) is 0 Å². The third-order valence-corrected chi connectivity index (χ3v) is 6.69. The molecule has 0 fully saturated rings. The normalized spacial score (nSPS) is 22.7. The second kappa shape index (κ2) is 10.6. The standard InChI is InChI=1S/C30H34N4/c1-6-24(25-10-8-18-34(5)23(4)13-15-25)19-27-17-16-26(14-12-21(27)2)28-20-31-33-30(28)29-11-7-9-22(3)32-29/h6-7,9,11-12,14-15,17,19-20,23H,2,8,10,13,18H2,1,3-5H3,(H,31,33)/b24-6+,25-15+,27-19-/t23-/m0/s1. The highest BCUT2D eigenvalue weighted by Gasteiger charge is 2.15. The molecule has 0 amide bonds. The summed E-state index contributed by atoms with van der Waals surface area (Å²) in [4.78, 5) is 7.11. The summed E-state index contributed by atoms with van der Waals surface area (Å²) in [7, 11) is 2.22. The fourth-order valence-electron chi connectivity index (χ4n) is 4.37. The van der Waals surface area contributed by atoms with E-state index in [1.54, 1.807) is 0 Å². The minimum atomic E-state index is 0.564. The molecular formula is C30H34N4. The summed E-state index contributed by atoms with van der Waals surface area (Å²) >= 11 is 0. The first-order valence-corrected chi connectivity index (χ1v) is 12.1. The molecule has 0 saturated heterocycles. The molecule has 174 valence electrons. The molecule has 0 saturated carbocycles. The van der Waals surface area contributed by atoms with Crippen molar-refractivity contribution in [3.63, 3.8) is 0 Å².